The van der Waals surface area contributed by atoms with Gasteiger partial charge >= 0.3 is 0 Å². The Morgan fingerprint density at radius 1 is 1.07 bits per heavy atom. The van der Waals surface area contributed by atoms with Gasteiger partial charge in [0.25, 0.3) is 0 Å². The minimum Gasteiger partial charge on any atom is -0.504 e. The zero-order valence-electron chi connectivity index (χ0n) is 15.8. The number of allylic oxidation sites excluding steroid dienone is 1. The number of ether oxygens (including phenoxy) is 2. The first kappa shape index (κ1) is 19.0. The number of carbonyl (C=O) groups is 1. The second kappa shape index (κ2) is 8.73. The van der Waals surface area contributed by atoms with Crippen LogP contribution in [0.2, 0.25) is 0 Å². The van der Waals surface area contributed by atoms with Gasteiger partial charge in [0.15, 0.2) is 17.3 Å². The van der Waals surface area contributed by atoms with Crippen LogP contribution in [0.1, 0.15) is 34.3 Å². The normalized spacial score (nSPS) is 14.6. The predicted octanol–water partition coefficient (Wildman–Crippen LogP) is 3.90. The van der Waals surface area contributed by atoms with Gasteiger partial charge in [0.1, 0.15) is 5.75 Å². The molecule has 1 N–H and O–H groups in total. The Labute approximate surface area is 159 Å². The zero-order chi connectivity index (χ0) is 19.2. The lowest BCUT2D eigenvalue weighted by molar-refractivity contribution is 0.104. The lowest BCUT2D eigenvalue weighted by Gasteiger charge is -2.17. The third-order valence-electron chi connectivity index (χ3n) is 4.79. The number of benzene rings is 2. The number of ketones is 1. The van der Waals surface area contributed by atoms with E-state index in [-0.39, 0.29) is 17.3 Å². The largest absolute Gasteiger partial charge is 0.504 e. The summed E-state index contributed by atoms with van der Waals surface area (Å²) in [5.74, 6) is 1.02. The zero-order valence-corrected chi connectivity index (χ0v) is 15.8. The molecule has 3 rings (SSSR count). The fourth-order valence-corrected chi connectivity index (χ4v) is 3.31. The van der Waals surface area contributed by atoms with Crippen molar-refractivity contribution in [2.45, 2.75) is 19.4 Å². The van der Waals surface area contributed by atoms with E-state index in [9.17, 15) is 9.90 Å². The van der Waals surface area contributed by atoms with Crippen LogP contribution >= 0.6 is 0 Å². The highest BCUT2D eigenvalue weighted by Crippen LogP contribution is 2.27. The van der Waals surface area contributed by atoms with Gasteiger partial charge in [-0.05, 0) is 67.9 Å². The predicted molar refractivity (Wildman–Crippen MR) is 106 cm³/mol. The van der Waals surface area contributed by atoms with E-state index >= 15 is 0 Å². The van der Waals surface area contributed by atoms with Gasteiger partial charge in [-0.2, -0.15) is 0 Å². The molecule has 1 aliphatic rings. The number of rotatable bonds is 7. The Hall–Kier alpha value is -2.79. The van der Waals surface area contributed by atoms with Crippen LogP contribution in [0.15, 0.2) is 42.5 Å². The summed E-state index contributed by atoms with van der Waals surface area (Å²) in [6, 6.07) is 10.5. The molecule has 1 saturated heterocycles. The van der Waals surface area contributed by atoms with Crippen LogP contribution in [0.5, 0.6) is 17.2 Å². The van der Waals surface area contributed by atoms with Gasteiger partial charge in [-0.25, -0.2) is 0 Å². The number of likely N-dealkylation sites (tertiary alicyclic amines) is 1. The molecule has 0 atom stereocenters. The number of phenols is 1. The monoisotopic (exact) mass is 367 g/mol. The first-order chi connectivity index (χ1) is 13.1. The first-order valence-electron chi connectivity index (χ1n) is 9.09. The van der Waals surface area contributed by atoms with Gasteiger partial charge in [-0.1, -0.05) is 12.1 Å². The fraction of sp³-hybridized carbons (Fsp3) is 0.318. The van der Waals surface area contributed by atoms with E-state index in [0.29, 0.717) is 5.56 Å². The molecule has 0 unspecified atom stereocenters. The van der Waals surface area contributed by atoms with Crippen LogP contribution in [-0.2, 0) is 6.54 Å². The maximum Gasteiger partial charge on any atom is 0.185 e. The van der Waals surface area contributed by atoms with Crippen LogP contribution in [0.4, 0.5) is 0 Å². The lowest BCUT2D eigenvalue weighted by atomic mass is 10.1. The molecule has 0 radical (unpaired) electrons. The van der Waals surface area contributed by atoms with Crippen LogP contribution < -0.4 is 9.47 Å². The van der Waals surface area contributed by atoms with Crippen molar-refractivity contribution < 1.29 is 19.4 Å². The van der Waals surface area contributed by atoms with Crippen LogP contribution in [0, 0.1) is 0 Å². The van der Waals surface area contributed by atoms with E-state index in [1.807, 2.05) is 12.1 Å². The van der Waals surface area contributed by atoms with E-state index < -0.39 is 0 Å². The number of hydrogen-bond donors (Lipinski definition) is 1. The van der Waals surface area contributed by atoms with Gasteiger partial charge in [0, 0.05) is 17.7 Å². The average Bonchev–Trinajstić information content (AvgIpc) is 3.19. The van der Waals surface area contributed by atoms with E-state index in [1.54, 1.807) is 19.3 Å². The van der Waals surface area contributed by atoms with E-state index in [4.69, 9.17) is 9.47 Å². The highest BCUT2D eigenvalue weighted by molar-refractivity contribution is 6.07. The van der Waals surface area contributed by atoms with E-state index in [2.05, 4.69) is 11.0 Å². The van der Waals surface area contributed by atoms with Crippen LogP contribution in [0.3, 0.4) is 0 Å². The van der Waals surface area contributed by atoms with Crippen LogP contribution in [-0.4, -0.2) is 43.1 Å². The third kappa shape index (κ3) is 4.68. The van der Waals surface area contributed by atoms with Crippen molar-refractivity contribution in [1.82, 2.24) is 4.90 Å². The highest BCUT2D eigenvalue weighted by Gasteiger charge is 2.14. The Balaban J connectivity index is 1.76. The second-order valence-corrected chi connectivity index (χ2v) is 6.64. The summed E-state index contributed by atoms with van der Waals surface area (Å²) >= 11 is 0. The quantitative estimate of drug-likeness (QED) is 0.594. The van der Waals surface area contributed by atoms with Gasteiger partial charge in [-0.15, -0.1) is 0 Å². The average molecular weight is 367 g/mol. The van der Waals surface area contributed by atoms with Gasteiger partial charge in [-0.3, -0.25) is 9.69 Å². The molecule has 5 heteroatoms. The molecule has 1 aliphatic heterocycles. The summed E-state index contributed by atoms with van der Waals surface area (Å²) in [5, 5.41) is 9.65. The SMILES string of the molecule is COc1cc(C(=O)/C=C/c2ccc(OC)c(CN3CCCC3)c2)ccc1O. The first-order valence-corrected chi connectivity index (χ1v) is 9.09. The summed E-state index contributed by atoms with van der Waals surface area (Å²) < 4.78 is 10.5. The number of phenolic OH excluding ortho intramolecular Hbond substituents is 1. The molecule has 0 saturated carbocycles. The number of hydrogen-bond acceptors (Lipinski definition) is 5. The van der Waals surface area contributed by atoms with Crippen molar-refractivity contribution in [1.29, 1.82) is 0 Å². The number of nitrogens with zero attached hydrogens (tertiary/aromatic N) is 1. The van der Waals surface area contributed by atoms with Crippen molar-refractivity contribution in [3.63, 3.8) is 0 Å². The summed E-state index contributed by atoms with van der Waals surface area (Å²) in [4.78, 5) is 14.8. The molecule has 1 heterocycles. The maximum absolute atomic E-state index is 12.4. The molecule has 0 amide bonds. The van der Waals surface area contributed by atoms with Gasteiger partial charge in [0.05, 0.1) is 14.2 Å². The standard InChI is InChI=1S/C22H25NO4/c1-26-21-10-6-16(13-18(21)15-23-11-3-4-12-23)5-8-19(24)17-7-9-20(25)22(14-17)27-2/h5-10,13-14,25H,3-4,11-12,15H2,1-2H3/b8-5+. The van der Waals surface area contributed by atoms with Gasteiger partial charge < -0.3 is 14.6 Å². The fourth-order valence-electron chi connectivity index (χ4n) is 3.31. The van der Waals surface area contributed by atoms with Crippen molar-refractivity contribution in [3.8, 4) is 17.2 Å². The lowest BCUT2D eigenvalue weighted by Crippen LogP contribution is -2.18. The molecule has 142 valence electrons. The molecule has 2 aromatic rings. The Morgan fingerprint density at radius 3 is 2.52 bits per heavy atom. The van der Waals surface area contributed by atoms with Crippen molar-refractivity contribution in [2.24, 2.45) is 0 Å². The number of carbonyl (C=O) groups excluding carboxylic acids is 1. The van der Waals surface area contributed by atoms with Crippen molar-refractivity contribution >= 4 is 11.9 Å². The molecule has 2 aromatic carbocycles. The summed E-state index contributed by atoms with van der Waals surface area (Å²) in [6.07, 6.45) is 5.82. The van der Waals surface area contributed by atoms with Crippen molar-refractivity contribution in [2.75, 3.05) is 27.3 Å². The number of methoxy groups -OCH3 is 2. The molecule has 0 spiro atoms. The molecule has 27 heavy (non-hydrogen) atoms. The minimum absolute atomic E-state index is 0.0136. The summed E-state index contributed by atoms with van der Waals surface area (Å²) in [5.41, 5.74) is 2.54. The Morgan fingerprint density at radius 2 is 1.81 bits per heavy atom. The summed E-state index contributed by atoms with van der Waals surface area (Å²) in [6.45, 7) is 3.09. The van der Waals surface area contributed by atoms with Crippen molar-refractivity contribution in [3.05, 3.63) is 59.2 Å². The van der Waals surface area contributed by atoms with E-state index in [1.165, 1.54) is 38.2 Å². The van der Waals surface area contributed by atoms with E-state index in [0.717, 1.165) is 36.5 Å². The van der Waals surface area contributed by atoms with Gasteiger partial charge in [0.2, 0.25) is 0 Å². The minimum atomic E-state index is -0.148. The molecule has 0 aliphatic carbocycles. The topological polar surface area (TPSA) is 59.0 Å². The summed E-state index contributed by atoms with van der Waals surface area (Å²) in [7, 11) is 3.14. The maximum atomic E-state index is 12.4. The Bertz CT molecular complexity index is 838. The Kier molecular flexibility index (Phi) is 6.14. The molecule has 0 aromatic heterocycles. The second-order valence-electron chi connectivity index (χ2n) is 6.64. The smallest absolute Gasteiger partial charge is 0.185 e. The molecular formula is C22H25NO4. The molecule has 5 nitrogen and oxygen atoms in total. The highest BCUT2D eigenvalue weighted by atomic mass is 16.5. The molecule has 0 bridgehead atoms. The van der Waals surface area contributed by atoms with Crippen LogP contribution in [0.25, 0.3) is 6.08 Å². The number of aromatic hydroxyl groups is 1. The molecule has 1 fully saturated rings. The third-order valence-corrected chi connectivity index (χ3v) is 4.79. The molecular weight excluding hydrogens is 342 g/mol.